The van der Waals surface area contributed by atoms with Crippen LogP contribution in [0.5, 0.6) is 0 Å². The van der Waals surface area contributed by atoms with E-state index in [1.54, 1.807) is 0 Å². The van der Waals surface area contributed by atoms with Gasteiger partial charge in [0.25, 0.3) is 0 Å². The van der Waals surface area contributed by atoms with E-state index in [0.29, 0.717) is 6.42 Å². The Hall–Kier alpha value is -1.06. The van der Waals surface area contributed by atoms with E-state index in [1.807, 2.05) is 0 Å². The van der Waals surface area contributed by atoms with Gasteiger partial charge in [-0.1, -0.05) is 6.42 Å². The maximum atomic E-state index is 11.8. The molecule has 2 fully saturated rings. The molecule has 90 valence electrons. The Kier molecular flexibility index (Phi) is 2.68. The fourth-order valence-electron chi connectivity index (χ4n) is 3.48. The number of fused-ring (bicyclic) bond motifs is 2. The number of hydrogen-bond donors (Lipinski definition) is 0. The third-order valence-electron chi connectivity index (χ3n) is 4.31. The molecule has 0 heterocycles. The third-order valence-corrected chi connectivity index (χ3v) is 4.31. The van der Waals surface area contributed by atoms with Gasteiger partial charge >= 0.3 is 11.9 Å². The van der Waals surface area contributed by atoms with Crippen LogP contribution in [0.1, 0.15) is 38.5 Å². The molecule has 0 aromatic carbocycles. The molecular formula is C12H18O4. The van der Waals surface area contributed by atoms with E-state index >= 15 is 0 Å². The zero-order valence-corrected chi connectivity index (χ0v) is 9.88. The number of esters is 2. The Bertz CT molecular complexity index is 295. The average Bonchev–Trinajstić information content (AvgIpc) is 2.61. The summed E-state index contributed by atoms with van der Waals surface area (Å²) in [5.74, 6) is -0.309. The molecule has 2 saturated carbocycles. The largest absolute Gasteiger partial charge is 0.469 e. The smallest absolute Gasteiger partial charge is 0.311 e. The van der Waals surface area contributed by atoms with E-state index in [1.165, 1.54) is 14.2 Å². The molecule has 2 bridgehead atoms. The molecule has 0 aromatic rings. The summed E-state index contributed by atoms with van der Waals surface area (Å²) in [6.45, 7) is 0. The highest BCUT2D eigenvalue weighted by Crippen LogP contribution is 2.59. The van der Waals surface area contributed by atoms with Gasteiger partial charge in [-0.05, 0) is 32.1 Å². The topological polar surface area (TPSA) is 52.6 Å². The Labute approximate surface area is 95.3 Å². The van der Waals surface area contributed by atoms with E-state index in [2.05, 4.69) is 0 Å². The number of carbonyl (C=O) groups excluding carboxylic acids is 2. The number of hydrogen-bond acceptors (Lipinski definition) is 4. The average molecular weight is 226 g/mol. The molecule has 0 N–H and O–H groups in total. The zero-order valence-electron chi connectivity index (χ0n) is 9.88. The first kappa shape index (κ1) is 11.4. The van der Waals surface area contributed by atoms with Crippen LogP contribution in [0.15, 0.2) is 0 Å². The molecule has 2 atom stereocenters. The van der Waals surface area contributed by atoms with Crippen molar-refractivity contribution in [1.29, 1.82) is 0 Å². The van der Waals surface area contributed by atoms with Crippen LogP contribution in [-0.4, -0.2) is 26.2 Å². The summed E-state index contributed by atoms with van der Waals surface area (Å²) in [4.78, 5) is 23.7. The van der Waals surface area contributed by atoms with Crippen LogP contribution in [-0.2, 0) is 19.1 Å². The molecule has 0 radical (unpaired) electrons. The summed E-state index contributed by atoms with van der Waals surface area (Å²) in [5, 5.41) is 0. The lowest BCUT2D eigenvalue weighted by Gasteiger charge is -2.35. The van der Waals surface area contributed by atoms with Crippen LogP contribution >= 0.6 is 0 Å². The minimum atomic E-state index is -0.415. The van der Waals surface area contributed by atoms with E-state index in [9.17, 15) is 9.59 Å². The summed E-state index contributed by atoms with van der Waals surface area (Å²) in [6.07, 6.45) is 4.73. The van der Waals surface area contributed by atoms with Gasteiger partial charge in [0.15, 0.2) is 0 Å². The molecule has 0 spiro atoms. The second-order valence-electron chi connectivity index (χ2n) is 5.07. The molecule has 0 unspecified atom stereocenters. The summed E-state index contributed by atoms with van der Waals surface area (Å²) >= 11 is 0. The van der Waals surface area contributed by atoms with Crippen molar-refractivity contribution in [2.24, 2.45) is 10.8 Å². The quantitative estimate of drug-likeness (QED) is 0.672. The number of rotatable bonds is 2. The zero-order chi connectivity index (χ0) is 11.8. The highest BCUT2D eigenvalue weighted by atomic mass is 16.5. The van der Waals surface area contributed by atoms with Crippen molar-refractivity contribution in [1.82, 2.24) is 0 Å². The predicted octanol–water partition coefficient (Wildman–Crippen LogP) is 1.67. The first-order valence-electron chi connectivity index (χ1n) is 5.75. The van der Waals surface area contributed by atoms with Gasteiger partial charge in [-0.2, -0.15) is 0 Å². The monoisotopic (exact) mass is 226 g/mol. The maximum Gasteiger partial charge on any atom is 0.311 e. The maximum absolute atomic E-state index is 11.8. The van der Waals surface area contributed by atoms with E-state index in [-0.39, 0.29) is 11.9 Å². The van der Waals surface area contributed by atoms with Gasteiger partial charge in [-0.3, -0.25) is 9.59 Å². The molecule has 0 aromatic heterocycles. The number of carbonyl (C=O) groups is 2. The molecule has 4 heteroatoms. The van der Waals surface area contributed by atoms with Gasteiger partial charge in [-0.15, -0.1) is 0 Å². The van der Waals surface area contributed by atoms with Gasteiger partial charge in [-0.25, -0.2) is 0 Å². The van der Waals surface area contributed by atoms with Gasteiger partial charge in [0, 0.05) is 0 Å². The third kappa shape index (κ3) is 1.43. The number of ether oxygens (including phenoxy) is 2. The molecule has 16 heavy (non-hydrogen) atoms. The standard InChI is InChI=1S/C12H18O4/c1-15-9(13)11-4-3-5-12(8-11,7-6-11)10(14)16-2/h3-8H2,1-2H3/t11-,12-/m1/s1. The lowest BCUT2D eigenvalue weighted by Crippen LogP contribution is -2.39. The summed E-state index contributed by atoms with van der Waals surface area (Å²) in [6, 6.07) is 0. The van der Waals surface area contributed by atoms with Crippen molar-refractivity contribution >= 4 is 11.9 Å². The predicted molar refractivity (Wildman–Crippen MR) is 56.6 cm³/mol. The molecule has 2 aliphatic carbocycles. The summed E-state index contributed by atoms with van der Waals surface area (Å²) in [5.41, 5.74) is -0.831. The van der Waals surface area contributed by atoms with Crippen molar-refractivity contribution in [3.8, 4) is 0 Å². The molecule has 0 amide bonds. The van der Waals surface area contributed by atoms with Gasteiger partial charge in [0.1, 0.15) is 0 Å². The first-order valence-corrected chi connectivity index (χ1v) is 5.75. The SMILES string of the molecule is COC(=O)[C@]12CCC[C@@](C(=O)OC)(CC1)C2. The fourth-order valence-corrected chi connectivity index (χ4v) is 3.48. The Morgan fingerprint density at radius 3 is 1.69 bits per heavy atom. The number of methoxy groups -OCH3 is 2. The molecule has 4 nitrogen and oxygen atoms in total. The van der Waals surface area contributed by atoms with E-state index < -0.39 is 10.8 Å². The van der Waals surface area contributed by atoms with Gasteiger partial charge < -0.3 is 9.47 Å². The molecule has 0 saturated heterocycles. The Morgan fingerprint density at radius 2 is 1.31 bits per heavy atom. The van der Waals surface area contributed by atoms with Gasteiger partial charge in [0.05, 0.1) is 25.0 Å². The molecular weight excluding hydrogens is 208 g/mol. The van der Waals surface area contributed by atoms with Crippen molar-refractivity contribution in [2.45, 2.75) is 38.5 Å². The molecule has 2 aliphatic rings. The van der Waals surface area contributed by atoms with Crippen molar-refractivity contribution < 1.29 is 19.1 Å². The lowest BCUT2D eigenvalue weighted by atomic mass is 9.69. The van der Waals surface area contributed by atoms with E-state index in [0.717, 1.165) is 32.1 Å². The highest BCUT2D eigenvalue weighted by Gasteiger charge is 2.59. The first-order chi connectivity index (χ1) is 7.58. The summed E-state index contributed by atoms with van der Waals surface area (Å²) in [7, 11) is 2.84. The fraction of sp³-hybridized carbons (Fsp3) is 0.833. The van der Waals surface area contributed by atoms with Gasteiger partial charge in [0.2, 0.25) is 0 Å². The van der Waals surface area contributed by atoms with E-state index in [4.69, 9.17) is 9.47 Å². The van der Waals surface area contributed by atoms with Crippen LogP contribution in [0.25, 0.3) is 0 Å². The van der Waals surface area contributed by atoms with Crippen LogP contribution in [0, 0.1) is 10.8 Å². The van der Waals surface area contributed by atoms with Crippen LogP contribution in [0.2, 0.25) is 0 Å². The van der Waals surface area contributed by atoms with Crippen LogP contribution in [0.3, 0.4) is 0 Å². The van der Waals surface area contributed by atoms with Crippen molar-refractivity contribution in [3.63, 3.8) is 0 Å². The Balaban J connectivity index is 2.24. The van der Waals surface area contributed by atoms with Crippen LogP contribution < -0.4 is 0 Å². The lowest BCUT2D eigenvalue weighted by molar-refractivity contribution is -0.160. The Morgan fingerprint density at radius 1 is 0.875 bits per heavy atom. The van der Waals surface area contributed by atoms with Crippen molar-refractivity contribution in [3.05, 3.63) is 0 Å². The minimum Gasteiger partial charge on any atom is -0.469 e. The molecule has 2 rings (SSSR count). The highest BCUT2D eigenvalue weighted by molar-refractivity contribution is 5.83. The van der Waals surface area contributed by atoms with Crippen LogP contribution in [0.4, 0.5) is 0 Å². The second-order valence-corrected chi connectivity index (χ2v) is 5.07. The second kappa shape index (κ2) is 3.75. The normalized spacial score (nSPS) is 36.9. The summed E-state index contributed by atoms with van der Waals surface area (Å²) < 4.78 is 9.76. The van der Waals surface area contributed by atoms with Crippen molar-refractivity contribution in [2.75, 3.05) is 14.2 Å². The molecule has 0 aliphatic heterocycles. The minimum absolute atomic E-state index is 0.155.